The number of nitrogens with two attached hydrogens (primary N) is 1. The molecule has 0 radical (unpaired) electrons. The number of hydrogen-bond donors (Lipinski definition) is 3. The number of nitrogens with zero attached hydrogens (tertiary/aromatic N) is 17. The minimum atomic E-state index is -0.548. The van der Waals surface area contributed by atoms with Crippen molar-refractivity contribution in [1.82, 2.24) is 70.4 Å². The topological polar surface area (TPSA) is 288 Å². The van der Waals surface area contributed by atoms with E-state index in [2.05, 4.69) is 94.5 Å². The number of pyridine rings is 4. The van der Waals surface area contributed by atoms with Crippen LogP contribution in [0.1, 0.15) is 132 Å². The normalized spacial score (nSPS) is 15.2. The summed E-state index contributed by atoms with van der Waals surface area (Å²) in [6.45, 7) is 21.0. The van der Waals surface area contributed by atoms with E-state index in [4.69, 9.17) is 130 Å². The number of halogens is 9. The highest BCUT2D eigenvalue weighted by Gasteiger charge is 2.41. The van der Waals surface area contributed by atoms with E-state index < -0.39 is 17.1 Å². The predicted octanol–water partition coefficient (Wildman–Crippen LogP) is 24.9. The first kappa shape index (κ1) is 103. The number of benzene rings is 4. The molecule has 16 rings (SSSR count). The molecule has 12 heterocycles. The Balaban J connectivity index is 0.000000174. The monoisotopic (exact) mass is 2000 g/mol. The Kier molecular flexibility index (Phi) is 38.5. The van der Waals surface area contributed by atoms with Crippen LogP contribution in [0.2, 0.25) is 45.3 Å². The van der Waals surface area contributed by atoms with Gasteiger partial charge in [0.05, 0.1) is 111 Å². The molecule has 22 nitrogen and oxygen atoms in total. The Morgan fingerprint density at radius 2 is 0.738 bits per heavy atom. The second-order valence-electron chi connectivity index (χ2n) is 31.7. The molecule has 4 aliphatic rings. The van der Waals surface area contributed by atoms with E-state index in [1.165, 1.54) is 58.8 Å². The summed E-state index contributed by atoms with van der Waals surface area (Å²) >= 11 is 61.0. The average Bonchev–Trinajstić information content (AvgIpc) is 0.799. The zero-order valence-electron chi connectivity index (χ0n) is 71.2. The van der Waals surface area contributed by atoms with Crippen LogP contribution in [0.5, 0.6) is 0 Å². The molecule has 130 heavy (non-hydrogen) atoms. The Bertz CT molecular complexity index is 5850. The molecule has 8 aromatic heterocycles. The highest BCUT2D eigenvalue weighted by atomic mass is 35.5. The van der Waals surface area contributed by atoms with Gasteiger partial charge in [0.2, 0.25) is 0 Å². The third-order valence-corrected chi connectivity index (χ3v) is 30.8. The minimum absolute atomic E-state index is 0. The zero-order valence-corrected chi connectivity index (χ0v) is 81.3. The summed E-state index contributed by atoms with van der Waals surface area (Å²) < 4.78 is 5.47. The first-order chi connectivity index (χ1) is 61.6. The standard InChI is InChI=1S/C27H31Cl2N5O2S.C22H23Cl2N5S.C22H19Cl2N5S.C11H7Cl3N2S.C11H13N3.2CH4/c1-18-24(37-21-9-5-8-20(28)23(21)29)31-16-22(33-18)34-13-10-27(11-14-34,19-7-6-12-30-15-19)17-32-25(35)36-26(2,3)4;2*1-15-21(30-18-6-2-5-17(23)20(18)24)27-13-19(28-15)29-10-7-22(14-25,8-11-29)16-4-3-9-26-12-16;1-6-11(15-5-9(13)16-6)17-8-4-2-3-7(12)10(8)14;12-9-11(3-6-13-7-4-11)10-2-1-5-14-8-10;;/h5-9,12,15-16H,10-11,13-14,17H2,1-4H3,(H,32,35);2-6,9,12-13H,7-8,10-11,14,25H2,1H3;2-6,9,12-13H,7-8,10-11H2,1H3;2-5H,1H3;1-2,5,8,13H,3-4,6-7H2;2*1H4. The third-order valence-electron chi connectivity index (χ3n) is 22.3. The van der Waals surface area contributed by atoms with Gasteiger partial charge < -0.3 is 35.8 Å². The van der Waals surface area contributed by atoms with Gasteiger partial charge in [-0.2, -0.15) is 10.5 Å². The number of nitrogens with one attached hydrogen (secondary N) is 2. The van der Waals surface area contributed by atoms with Gasteiger partial charge in [0.15, 0.2) is 0 Å². The van der Waals surface area contributed by atoms with Crippen molar-refractivity contribution in [2.24, 2.45) is 5.73 Å². The maximum atomic E-state index is 12.4. The summed E-state index contributed by atoms with van der Waals surface area (Å²) in [7, 11) is 0. The number of hydrogen-bond acceptors (Lipinski definition) is 25. The lowest BCUT2D eigenvalue weighted by Crippen LogP contribution is -2.50. The van der Waals surface area contributed by atoms with Crippen molar-refractivity contribution >= 4 is 175 Å². The van der Waals surface area contributed by atoms with E-state index in [9.17, 15) is 15.3 Å². The smallest absolute Gasteiger partial charge is 0.407 e. The number of piperidine rings is 4. The zero-order chi connectivity index (χ0) is 91.2. The lowest BCUT2D eigenvalue weighted by molar-refractivity contribution is 0.0509. The van der Waals surface area contributed by atoms with Gasteiger partial charge in [0.1, 0.15) is 48.3 Å². The fourth-order valence-corrected chi connectivity index (χ4v) is 20.4. The summed E-state index contributed by atoms with van der Waals surface area (Å²) in [5, 5.41) is 33.2. The fourth-order valence-electron chi connectivity index (χ4n) is 15.0. The van der Waals surface area contributed by atoms with Crippen molar-refractivity contribution in [3.05, 3.63) is 286 Å². The Morgan fingerprint density at radius 3 is 1.05 bits per heavy atom. The van der Waals surface area contributed by atoms with Crippen molar-refractivity contribution in [1.29, 1.82) is 10.5 Å². The molecule has 0 atom stereocenters. The molecule has 35 heteroatoms. The number of amides is 1. The lowest BCUT2D eigenvalue weighted by atomic mass is 9.73. The van der Waals surface area contributed by atoms with Crippen molar-refractivity contribution in [3.8, 4) is 12.1 Å². The molecule has 4 aromatic carbocycles. The summed E-state index contributed by atoms with van der Waals surface area (Å²) in [5.74, 6) is 2.55. The Hall–Kier alpha value is -8.62. The number of aryl methyl sites for hydroxylation is 4. The maximum Gasteiger partial charge on any atom is 0.407 e. The van der Waals surface area contributed by atoms with Crippen molar-refractivity contribution < 1.29 is 9.53 Å². The van der Waals surface area contributed by atoms with Crippen molar-refractivity contribution in [3.63, 3.8) is 0 Å². The number of anilines is 3. The van der Waals surface area contributed by atoms with Gasteiger partial charge in [-0.15, -0.1) is 0 Å². The highest BCUT2D eigenvalue weighted by molar-refractivity contribution is 8.00. The predicted molar refractivity (Wildman–Crippen MR) is 533 cm³/mol. The second-order valence-corrected chi connectivity index (χ2v) is 39.4. The molecule has 0 spiro atoms. The first-order valence-corrected chi connectivity index (χ1v) is 47.8. The van der Waals surface area contributed by atoms with E-state index >= 15 is 0 Å². The molecule has 680 valence electrons. The molecule has 0 saturated carbocycles. The van der Waals surface area contributed by atoms with Crippen molar-refractivity contribution in [2.75, 3.05) is 80.1 Å². The number of carbonyl (C=O) groups excluding carboxylic acids is 1. The van der Waals surface area contributed by atoms with Crippen LogP contribution in [0.15, 0.2) is 235 Å². The quantitative estimate of drug-likeness (QED) is 0.0719. The van der Waals surface area contributed by atoms with Crippen LogP contribution >= 0.6 is 151 Å². The first-order valence-electron chi connectivity index (χ1n) is 41.1. The molecule has 4 aliphatic heterocycles. The molecule has 4 fully saturated rings. The average molecular weight is 2000 g/mol. The van der Waals surface area contributed by atoms with E-state index in [0.717, 1.165) is 200 Å². The van der Waals surface area contributed by atoms with Gasteiger partial charge in [-0.05, 0) is 208 Å². The van der Waals surface area contributed by atoms with Crippen LogP contribution in [0, 0.1) is 50.4 Å². The second kappa shape index (κ2) is 48.3. The molecular formula is C95H101Cl9N20O2S4. The SMILES string of the molecule is C.C.Cc1nc(Cl)cnc1Sc1cccc(Cl)c1Cl.Cc1nc(N2CCC(C#N)(c3cccnc3)CC2)cnc1Sc1cccc(Cl)c1Cl.Cc1nc(N2CCC(CN)(c3cccnc3)CC2)cnc1Sc1cccc(Cl)c1Cl.Cc1nc(N2CCC(CNC(=O)OC(C)(C)C)(c3cccnc3)CC2)cnc1Sc1cccc(Cl)c1Cl.N#CC1(c2cccnc2)CCNCC1. The van der Waals surface area contributed by atoms with Crippen LogP contribution in [0.25, 0.3) is 0 Å². The molecular weight excluding hydrogens is 1900 g/mol. The molecule has 1 amide bonds. The number of ether oxygens (including phenoxy) is 1. The Labute approximate surface area is 823 Å². The summed E-state index contributed by atoms with van der Waals surface area (Å²) in [6, 6.07) is 43.1. The number of aromatic nitrogens is 12. The van der Waals surface area contributed by atoms with Gasteiger partial charge in [-0.1, -0.05) is 215 Å². The number of nitriles is 2. The van der Waals surface area contributed by atoms with Crippen LogP contribution in [-0.2, 0) is 26.4 Å². The van der Waals surface area contributed by atoms with Gasteiger partial charge >= 0.3 is 6.09 Å². The van der Waals surface area contributed by atoms with E-state index in [0.29, 0.717) is 58.4 Å². The number of alkyl carbamates (subject to hydrolysis) is 1. The van der Waals surface area contributed by atoms with E-state index in [1.54, 1.807) is 61.4 Å². The maximum absolute atomic E-state index is 12.4. The van der Waals surface area contributed by atoms with Crippen LogP contribution < -0.4 is 31.1 Å². The molecule has 4 saturated heterocycles. The van der Waals surface area contributed by atoms with Crippen LogP contribution in [0.3, 0.4) is 0 Å². The minimum Gasteiger partial charge on any atom is -0.444 e. The fraction of sp³-hybridized carbons (Fsp3) is 0.337. The summed E-state index contributed by atoms with van der Waals surface area (Å²) in [4.78, 5) is 76.1. The summed E-state index contributed by atoms with van der Waals surface area (Å²) in [6.07, 6.45) is 27.8. The van der Waals surface area contributed by atoms with Crippen LogP contribution in [0.4, 0.5) is 22.2 Å². The number of carbonyl (C=O) groups is 1. The molecule has 0 aliphatic carbocycles. The Morgan fingerprint density at radius 1 is 0.431 bits per heavy atom. The van der Waals surface area contributed by atoms with Gasteiger partial charge in [-0.25, -0.2) is 44.7 Å². The third kappa shape index (κ3) is 26.9. The molecule has 4 N–H and O–H groups in total. The van der Waals surface area contributed by atoms with Gasteiger partial charge in [0, 0.05) is 132 Å². The highest BCUT2D eigenvalue weighted by Crippen LogP contribution is 2.45. The van der Waals surface area contributed by atoms with E-state index in [1.807, 2.05) is 164 Å². The molecule has 0 bridgehead atoms. The number of rotatable bonds is 18. The summed E-state index contributed by atoms with van der Waals surface area (Å²) in [5.41, 5.74) is 12.3. The van der Waals surface area contributed by atoms with Gasteiger partial charge in [0.25, 0.3) is 0 Å². The molecule has 12 aromatic rings. The lowest BCUT2D eigenvalue weighted by Gasteiger charge is -2.42. The van der Waals surface area contributed by atoms with Crippen LogP contribution in [-0.4, -0.2) is 137 Å². The van der Waals surface area contributed by atoms with Gasteiger partial charge in [-0.3, -0.25) is 19.9 Å². The largest absolute Gasteiger partial charge is 0.444 e. The van der Waals surface area contributed by atoms with Crippen molar-refractivity contribution in [2.45, 2.75) is 182 Å². The van der Waals surface area contributed by atoms with E-state index in [-0.39, 0.29) is 31.1 Å². The molecule has 0 unspecified atom stereocenters.